The van der Waals surface area contributed by atoms with E-state index in [1.165, 1.54) is 6.07 Å². The van der Waals surface area contributed by atoms with Crippen molar-refractivity contribution < 1.29 is 9.50 Å². The summed E-state index contributed by atoms with van der Waals surface area (Å²) in [6.45, 7) is 5.16. The molecule has 24 heavy (non-hydrogen) atoms. The van der Waals surface area contributed by atoms with Gasteiger partial charge in [-0.05, 0) is 32.0 Å². The zero-order valence-corrected chi connectivity index (χ0v) is 13.9. The number of hydrogen-bond donors (Lipinski definition) is 2. The molecule has 0 bridgehead atoms. The second kappa shape index (κ2) is 7.11. The lowest BCUT2D eigenvalue weighted by atomic mass is 10.1. The Labute approximate surface area is 141 Å². The van der Waals surface area contributed by atoms with Crippen LogP contribution in [0, 0.1) is 5.82 Å². The van der Waals surface area contributed by atoms with Crippen molar-refractivity contribution in [3.63, 3.8) is 0 Å². The van der Waals surface area contributed by atoms with E-state index >= 15 is 0 Å². The van der Waals surface area contributed by atoms with Gasteiger partial charge in [0.05, 0.1) is 23.2 Å². The molecule has 2 aromatic carbocycles. The molecular weight excluding hydrogens is 305 g/mol. The van der Waals surface area contributed by atoms with Crippen LogP contribution in [-0.2, 0) is 6.54 Å². The van der Waals surface area contributed by atoms with Gasteiger partial charge in [-0.3, -0.25) is 0 Å². The first-order valence-corrected chi connectivity index (χ1v) is 8.22. The average Bonchev–Trinajstić information content (AvgIpc) is 2.98. The van der Waals surface area contributed by atoms with Crippen LogP contribution in [0.3, 0.4) is 0 Å². The first-order chi connectivity index (χ1) is 11.6. The van der Waals surface area contributed by atoms with E-state index in [9.17, 15) is 9.50 Å². The number of aromatic nitrogens is 2. The second-order valence-electron chi connectivity index (χ2n) is 5.87. The molecule has 2 N–H and O–H groups in total. The van der Waals surface area contributed by atoms with Crippen molar-refractivity contribution in [2.75, 3.05) is 6.54 Å². The standard InChI is InChI=1S/C19H22FN3O/c1-3-23-17-11-7-6-10-16(17)22-19(23)13(2)21-12-18(24)14-8-4-5-9-15(14)20/h4-11,13,18,21,24H,3,12H2,1-2H3. The minimum atomic E-state index is -0.895. The number of nitrogens with zero attached hydrogens (tertiary/aromatic N) is 2. The zero-order chi connectivity index (χ0) is 17.1. The Bertz CT molecular complexity index is 830. The molecule has 0 amide bonds. The van der Waals surface area contributed by atoms with Crippen LogP contribution >= 0.6 is 0 Å². The molecule has 1 aromatic heterocycles. The molecule has 0 aliphatic carbocycles. The topological polar surface area (TPSA) is 50.1 Å². The van der Waals surface area contributed by atoms with Gasteiger partial charge in [0, 0.05) is 18.7 Å². The van der Waals surface area contributed by atoms with Gasteiger partial charge in [-0.1, -0.05) is 30.3 Å². The van der Waals surface area contributed by atoms with Crippen LogP contribution in [-0.4, -0.2) is 21.2 Å². The van der Waals surface area contributed by atoms with Gasteiger partial charge in [-0.15, -0.1) is 0 Å². The predicted molar refractivity (Wildman–Crippen MR) is 93.2 cm³/mol. The van der Waals surface area contributed by atoms with E-state index in [2.05, 4.69) is 22.9 Å². The van der Waals surface area contributed by atoms with Crippen molar-refractivity contribution in [3.8, 4) is 0 Å². The molecule has 0 saturated heterocycles. The Hall–Kier alpha value is -2.24. The molecule has 2 atom stereocenters. The highest BCUT2D eigenvalue weighted by molar-refractivity contribution is 5.76. The number of aliphatic hydroxyl groups is 1. The van der Waals surface area contributed by atoms with Gasteiger partial charge in [0.1, 0.15) is 11.6 Å². The lowest BCUT2D eigenvalue weighted by Crippen LogP contribution is -2.27. The summed E-state index contributed by atoms with van der Waals surface area (Å²) in [7, 11) is 0. The zero-order valence-electron chi connectivity index (χ0n) is 13.9. The number of rotatable bonds is 6. The Kier molecular flexibility index (Phi) is 4.92. The third-order valence-corrected chi connectivity index (χ3v) is 4.27. The number of benzene rings is 2. The fraction of sp³-hybridized carbons (Fsp3) is 0.316. The molecule has 3 aromatic rings. The molecule has 3 rings (SSSR count). The largest absolute Gasteiger partial charge is 0.387 e. The van der Waals surface area contributed by atoms with Gasteiger partial charge >= 0.3 is 0 Å². The van der Waals surface area contributed by atoms with E-state index in [1.54, 1.807) is 18.2 Å². The normalized spacial score (nSPS) is 14.0. The van der Waals surface area contributed by atoms with Gasteiger partial charge < -0.3 is 15.0 Å². The monoisotopic (exact) mass is 327 g/mol. The van der Waals surface area contributed by atoms with E-state index in [-0.39, 0.29) is 18.4 Å². The summed E-state index contributed by atoms with van der Waals surface area (Å²) < 4.78 is 15.9. The lowest BCUT2D eigenvalue weighted by Gasteiger charge is -2.18. The van der Waals surface area contributed by atoms with Crippen LogP contribution in [0.15, 0.2) is 48.5 Å². The third-order valence-electron chi connectivity index (χ3n) is 4.27. The van der Waals surface area contributed by atoms with Crippen LogP contribution in [0.1, 0.15) is 37.4 Å². The Morgan fingerprint density at radius 3 is 2.62 bits per heavy atom. The van der Waals surface area contributed by atoms with E-state index in [0.29, 0.717) is 5.56 Å². The van der Waals surface area contributed by atoms with Gasteiger partial charge in [0.2, 0.25) is 0 Å². The molecule has 126 valence electrons. The van der Waals surface area contributed by atoms with Gasteiger partial charge in [0.25, 0.3) is 0 Å². The molecule has 0 aliphatic rings. The van der Waals surface area contributed by atoms with Crippen molar-refractivity contribution in [2.45, 2.75) is 32.5 Å². The molecule has 0 fully saturated rings. The van der Waals surface area contributed by atoms with Crippen molar-refractivity contribution in [1.82, 2.24) is 14.9 Å². The number of nitrogens with one attached hydrogen (secondary N) is 1. The Morgan fingerprint density at radius 2 is 1.88 bits per heavy atom. The molecule has 2 unspecified atom stereocenters. The number of para-hydroxylation sites is 2. The molecule has 4 nitrogen and oxygen atoms in total. The predicted octanol–water partition coefficient (Wildman–Crippen LogP) is 3.58. The van der Waals surface area contributed by atoms with Crippen LogP contribution in [0.5, 0.6) is 0 Å². The first kappa shape index (κ1) is 16.6. The van der Waals surface area contributed by atoms with Gasteiger partial charge in [-0.2, -0.15) is 0 Å². The fourth-order valence-corrected chi connectivity index (χ4v) is 2.99. The summed E-state index contributed by atoms with van der Waals surface area (Å²) in [4.78, 5) is 4.70. The second-order valence-corrected chi connectivity index (χ2v) is 5.87. The summed E-state index contributed by atoms with van der Waals surface area (Å²) >= 11 is 0. The number of fused-ring (bicyclic) bond motifs is 1. The quantitative estimate of drug-likeness (QED) is 0.727. The maximum atomic E-state index is 13.7. The Balaban J connectivity index is 1.76. The summed E-state index contributed by atoms with van der Waals surface area (Å²) in [5.74, 6) is 0.527. The van der Waals surface area contributed by atoms with Gasteiger partial charge in [0.15, 0.2) is 0 Å². The van der Waals surface area contributed by atoms with E-state index in [1.807, 2.05) is 25.1 Å². The summed E-state index contributed by atoms with van der Waals surface area (Å²) in [6.07, 6.45) is -0.895. The highest BCUT2D eigenvalue weighted by Crippen LogP contribution is 2.22. The van der Waals surface area contributed by atoms with E-state index < -0.39 is 6.10 Å². The number of imidazole rings is 1. The number of hydrogen-bond acceptors (Lipinski definition) is 3. The smallest absolute Gasteiger partial charge is 0.129 e. The maximum absolute atomic E-state index is 13.7. The number of halogens is 1. The van der Waals surface area contributed by atoms with Crippen molar-refractivity contribution >= 4 is 11.0 Å². The molecule has 0 aliphatic heterocycles. The number of aryl methyl sites for hydroxylation is 1. The van der Waals surface area contributed by atoms with Crippen molar-refractivity contribution in [2.24, 2.45) is 0 Å². The van der Waals surface area contributed by atoms with Crippen molar-refractivity contribution in [1.29, 1.82) is 0 Å². The van der Waals surface area contributed by atoms with Crippen LogP contribution in [0.25, 0.3) is 11.0 Å². The summed E-state index contributed by atoms with van der Waals surface area (Å²) in [6, 6.07) is 14.3. The summed E-state index contributed by atoms with van der Waals surface area (Å²) in [5.41, 5.74) is 2.36. The van der Waals surface area contributed by atoms with E-state index in [4.69, 9.17) is 4.98 Å². The highest BCUT2D eigenvalue weighted by atomic mass is 19.1. The fourth-order valence-electron chi connectivity index (χ4n) is 2.99. The SMILES string of the molecule is CCn1c(C(C)NCC(O)c2ccccc2F)nc2ccccc21. The third kappa shape index (κ3) is 3.18. The average molecular weight is 327 g/mol. The summed E-state index contributed by atoms with van der Waals surface area (Å²) in [5, 5.41) is 13.5. The molecule has 0 saturated carbocycles. The molecule has 0 spiro atoms. The molecular formula is C19H22FN3O. The Morgan fingerprint density at radius 1 is 1.17 bits per heavy atom. The minimum absolute atomic E-state index is 0.0567. The van der Waals surface area contributed by atoms with Crippen LogP contribution in [0.2, 0.25) is 0 Å². The van der Waals surface area contributed by atoms with Crippen LogP contribution < -0.4 is 5.32 Å². The first-order valence-electron chi connectivity index (χ1n) is 8.22. The lowest BCUT2D eigenvalue weighted by molar-refractivity contribution is 0.165. The minimum Gasteiger partial charge on any atom is -0.387 e. The van der Waals surface area contributed by atoms with Crippen molar-refractivity contribution in [3.05, 3.63) is 65.7 Å². The molecule has 5 heteroatoms. The van der Waals surface area contributed by atoms with Gasteiger partial charge in [-0.25, -0.2) is 9.37 Å². The van der Waals surface area contributed by atoms with E-state index in [0.717, 1.165) is 23.4 Å². The molecule has 1 heterocycles. The maximum Gasteiger partial charge on any atom is 0.129 e. The number of aliphatic hydroxyl groups excluding tert-OH is 1. The molecule has 0 radical (unpaired) electrons. The van der Waals surface area contributed by atoms with Crippen LogP contribution in [0.4, 0.5) is 4.39 Å². The highest BCUT2D eigenvalue weighted by Gasteiger charge is 2.18.